The van der Waals surface area contributed by atoms with E-state index in [1.165, 1.54) is 31.2 Å². The molecule has 1 fully saturated rings. The predicted octanol–water partition coefficient (Wildman–Crippen LogP) is 5.19. The maximum atomic E-state index is 6.38. The second kappa shape index (κ2) is 8.65. The van der Waals surface area contributed by atoms with Crippen molar-refractivity contribution in [2.24, 2.45) is 5.92 Å². The number of ether oxygens (including phenoxy) is 1. The number of rotatable bonds is 7. The van der Waals surface area contributed by atoms with Crippen LogP contribution in [0.2, 0.25) is 5.02 Å². The zero-order valence-electron chi connectivity index (χ0n) is 13.3. The van der Waals surface area contributed by atoms with E-state index in [2.05, 4.69) is 25.2 Å². The zero-order valence-corrected chi connectivity index (χ0v) is 14.1. The molecule has 1 aromatic carbocycles. The number of halogens is 1. The van der Waals surface area contributed by atoms with E-state index >= 15 is 0 Å². The van der Waals surface area contributed by atoms with Crippen LogP contribution in [0.1, 0.15) is 57.9 Å². The summed E-state index contributed by atoms with van der Waals surface area (Å²) >= 11 is 6.38. The monoisotopic (exact) mass is 309 g/mol. The van der Waals surface area contributed by atoms with Crippen molar-refractivity contribution in [3.63, 3.8) is 0 Å². The third-order valence-corrected chi connectivity index (χ3v) is 4.65. The molecule has 1 aliphatic rings. The van der Waals surface area contributed by atoms with Crippen molar-refractivity contribution in [1.82, 2.24) is 5.32 Å². The van der Waals surface area contributed by atoms with E-state index in [1.54, 1.807) is 0 Å². The molecule has 118 valence electrons. The molecule has 0 amide bonds. The fourth-order valence-electron chi connectivity index (χ4n) is 3.06. The Morgan fingerprint density at radius 1 is 1.29 bits per heavy atom. The lowest BCUT2D eigenvalue weighted by Gasteiger charge is -2.29. The van der Waals surface area contributed by atoms with Crippen LogP contribution in [-0.2, 0) is 6.54 Å². The zero-order chi connectivity index (χ0) is 15.1. The van der Waals surface area contributed by atoms with Crippen molar-refractivity contribution in [1.29, 1.82) is 0 Å². The molecular weight excluding hydrogens is 282 g/mol. The first-order chi connectivity index (χ1) is 10.2. The number of hydrogen-bond donors (Lipinski definition) is 1. The van der Waals surface area contributed by atoms with E-state index < -0.39 is 0 Å². The molecule has 21 heavy (non-hydrogen) atoms. The standard InChI is InChI=1S/C18H28ClNO/c1-3-10-20-13-15-8-9-18(17(19)12-15)21-16-7-5-6-14(4-2)11-16/h8-9,12,14,16,20H,3-7,10-11,13H2,1-2H3. The van der Waals surface area contributed by atoms with Gasteiger partial charge in [-0.05, 0) is 55.8 Å². The molecular formula is C18H28ClNO. The van der Waals surface area contributed by atoms with Crippen molar-refractivity contribution in [3.8, 4) is 5.75 Å². The highest BCUT2D eigenvalue weighted by molar-refractivity contribution is 6.32. The van der Waals surface area contributed by atoms with E-state index in [-0.39, 0.29) is 0 Å². The van der Waals surface area contributed by atoms with Gasteiger partial charge in [0.1, 0.15) is 5.75 Å². The fraction of sp³-hybridized carbons (Fsp3) is 0.667. The Hall–Kier alpha value is -0.730. The number of nitrogens with one attached hydrogen (secondary N) is 1. The van der Waals surface area contributed by atoms with Gasteiger partial charge in [-0.1, -0.05) is 44.4 Å². The van der Waals surface area contributed by atoms with Crippen LogP contribution in [0.4, 0.5) is 0 Å². The van der Waals surface area contributed by atoms with Gasteiger partial charge in [-0.2, -0.15) is 0 Å². The molecule has 0 radical (unpaired) electrons. The first-order valence-corrected chi connectivity index (χ1v) is 8.76. The highest BCUT2D eigenvalue weighted by atomic mass is 35.5. The summed E-state index contributed by atoms with van der Waals surface area (Å²) < 4.78 is 6.15. The van der Waals surface area contributed by atoms with Gasteiger partial charge >= 0.3 is 0 Å². The smallest absolute Gasteiger partial charge is 0.138 e. The van der Waals surface area contributed by atoms with Crippen LogP contribution in [0.15, 0.2) is 18.2 Å². The van der Waals surface area contributed by atoms with E-state index in [4.69, 9.17) is 16.3 Å². The first-order valence-electron chi connectivity index (χ1n) is 8.38. The summed E-state index contributed by atoms with van der Waals surface area (Å²) in [5.74, 6) is 1.66. The predicted molar refractivity (Wildman–Crippen MR) is 90.1 cm³/mol. The molecule has 1 aromatic rings. The molecule has 0 bridgehead atoms. The lowest BCUT2D eigenvalue weighted by atomic mass is 9.85. The largest absolute Gasteiger partial charge is 0.489 e. The molecule has 1 aliphatic carbocycles. The van der Waals surface area contributed by atoms with Crippen molar-refractivity contribution in [3.05, 3.63) is 28.8 Å². The second-order valence-electron chi connectivity index (χ2n) is 6.12. The van der Waals surface area contributed by atoms with Gasteiger partial charge in [0.25, 0.3) is 0 Å². The summed E-state index contributed by atoms with van der Waals surface area (Å²) in [4.78, 5) is 0. The molecule has 2 unspecified atom stereocenters. The molecule has 0 heterocycles. The molecule has 0 aliphatic heterocycles. The Morgan fingerprint density at radius 3 is 2.86 bits per heavy atom. The number of hydrogen-bond acceptors (Lipinski definition) is 2. The normalized spacial score (nSPS) is 22.2. The average Bonchev–Trinajstić information content (AvgIpc) is 2.50. The summed E-state index contributed by atoms with van der Waals surface area (Å²) in [6.07, 6.45) is 7.71. The molecule has 1 N–H and O–H groups in total. The average molecular weight is 310 g/mol. The minimum absolute atomic E-state index is 0.338. The van der Waals surface area contributed by atoms with Gasteiger partial charge < -0.3 is 10.1 Å². The van der Waals surface area contributed by atoms with E-state index in [0.29, 0.717) is 6.10 Å². The summed E-state index contributed by atoms with van der Waals surface area (Å²) in [5.41, 5.74) is 1.22. The van der Waals surface area contributed by atoms with Gasteiger partial charge in [0, 0.05) is 6.54 Å². The summed E-state index contributed by atoms with van der Waals surface area (Å²) in [6, 6.07) is 6.17. The molecule has 0 saturated heterocycles. The van der Waals surface area contributed by atoms with Crippen molar-refractivity contribution in [2.45, 2.75) is 65.0 Å². The number of benzene rings is 1. The van der Waals surface area contributed by atoms with Crippen molar-refractivity contribution < 1.29 is 4.74 Å². The fourth-order valence-corrected chi connectivity index (χ4v) is 3.31. The van der Waals surface area contributed by atoms with Gasteiger partial charge in [0.15, 0.2) is 0 Å². The Labute approximate surface area is 134 Å². The van der Waals surface area contributed by atoms with Crippen LogP contribution in [0.3, 0.4) is 0 Å². The maximum Gasteiger partial charge on any atom is 0.138 e. The Balaban J connectivity index is 1.91. The Kier molecular flexibility index (Phi) is 6.85. The molecule has 1 saturated carbocycles. The van der Waals surface area contributed by atoms with Crippen LogP contribution in [-0.4, -0.2) is 12.6 Å². The van der Waals surface area contributed by atoms with Crippen LogP contribution in [0.5, 0.6) is 5.75 Å². The van der Waals surface area contributed by atoms with Crippen LogP contribution in [0.25, 0.3) is 0 Å². The van der Waals surface area contributed by atoms with E-state index in [0.717, 1.165) is 42.6 Å². The highest BCUT2D eigenvalue weighted by Gasteiger charge is 2.22. The Morgan fingerprint density at radius 2 is 2.14 bits per heavy atom. The maximum absolute atomic E-state index is 6.38. The highest BCUT2D eigenvalue weighted by Crippen LogP contribution is 2.32. The van der Waals surface area contributed by atoms with Crippen LogP contribution < -0.4 is 10.1 Å². The minimum atomic E-state index is 0.338. The summed E-state index contributed by atoms with van der Waals surface area (Å²) in [5, 5.41) is 4.13. The molecule has 2 rings (SSSR count). The lowest BCUT2D eigenvalue weighted by molar-refractivity contribution is 0.122. The van der Waals surface area contributed by atoms with Crippen LogP contribution >= 0.6 is 11.6 Å². The SMILES string of the molecule is CCCNCc1ccc(OC2CCCC(CC)C2)c(Cl)c1. The minimum Gasteiger partial charge on any atom is -0.489 e. The van der Waals surface area contributed by atoms with Crippen molar-refractivity contribution >= 4 is 11.6 Å². The third kappa shape index (κ3) is 5.19. The van der Waals surface area contributed by atoms with Crippen molar-refractivity contribution in [2.75, 3.05) is 6.54 Å². The van der Waals surface area contributed by atoms with Gasteiger partial charge in [-0.25, -0.2) is 0 Å². The quantitative estimate of drug-likeness (QED) is 0.700. The third-order valence-electron chi connectivity index (χ3n) is 4.36. The molecule has 0 aromatic heterocycles. The lowest BCUT2D eigenvalue weighted by Crippen LogP contribution is -2.25. The summed E-state index contributed by atoms with van der Waals surface area (Å²) in [6.45, 7) is 6.36. The molecule has 3 heteroatoms. The topological polar surface area (TPSA) is 21.3 Å². The van der Waals surface area contributed by atoms with E-state index in [1.807, 2.05) is 12.1 Å². The van der Waals surface area contributed by atoms with Crippen LogP contribution in [0, 0.1) is 5.92 Å². The Bertz CT molecular complexity index is 435. The summed E-state index contributed by atoms with van der Waals surface area (Å²) in [7, 11) is 0. The van der Waals surface area contributed by atoms with E-state index in [9.17, 15) is 0 Å². The van der Waals surface area contributed by atoms with Gasteiger partial charge in [0.05, 0.1) is 11.1 Å². The molecule has 2 nitrogen and oxygen atoms in total. The molecule has 0 spiro atoms. The van der Waals surface area contributed by atoms with Gasteiger partial charge in [-0.15, -0.1) is 0 Å². The first kappa shape index (κ1) is 16.6. The second-order valence-corrected chi connectivity index (χ2v) is 6.53. The molecule has 2 atom stereocenters. The van der Waals surface area contributed by atoms with Gasteiger partial charge in [-0.3, -0.25) is 0 Å². The van der Waals surface area contributed by atoms with Gasteiger partial charge in [0.2, 0.25) is 0 Å².